The third kappa shape index (κ3) is 3.60. The van der Waals surface area contributed by atoms with Crippen molar-refractivity contribution in [2.24, 2.45) is 5.92 Å². The van der Waals surface area contributed by atoms with Gasteiger partial charge >= 0.3 is 6.18 Å². The molecule has 3 aromatic carbocycles. The highest BCUT2D eigenvalue weighted by atomic mass is 19.4. The minimum atomic E-state index is -4.82. The lowest BCUT2D eigenvalue weighted by molar-refractivity contribution is -0.385. The van der Waals surface area contributed by atoms with Crippen molar-refractivity contribution in [3.8, 4) is 0 Å². The van der Waals surface area contributed by atoms with E-state index in [1.807, 2.05) is 0 Å². The molecule has 3 aromatic rings. The van der Waals surface area contributed by atoms with E-state index in [1.54, 1.807) is 30.3 Å². The summed E-state index contributed by atoms with van der Waals surface area (Å²) in [6.45, 7) is 0. The van der Waals surface area contributed by atoms with Crippen LogP contribution in [0.4, 0.5) is 30.2 Å². The lowest BCUT2D eigenvalue weighted by Gasteiger charge is -2.29. The maximum absolute atomic E-state index is 13.6. The molecule has 35 heavy (non-hydrogen) atoms. The topological polar surface area (TPSA) is 93.0 Å². The molecule has 11 heteroatoms. The van der Waals surface area contributed by atoms with Crippen molar-refractivity contribution in [2.45, 2.75) is 18.3 Å². The number of rotatable bonds is 4. The van der Waals surface area contributed by atoms with E-state index < -0.39 is 52.2 Å². The number of carbonyl (C=O) groups is 2. The Balaban J connectivity index is 1.65. The van der Waals surface area contributed by atoms with Crippen LogP contribution in [0.5, 0.6) is 0 Å². The first-order valence-electron chi connectivity index (χ1n) is 10.5. The Kier molecular flexibility index (Phi) is 5.28. The van der Waals surface area contributed by atoms with E-state index in [4.69, 9.17) is 4.84 Å². The molecular weight excluding hydrogens is 467 g/mol. The molecule has 2 saturated heterocycles. The fourth-order valence-electron chi connectivity index (χ4n) is 4.58. The highest BCUT2D eigenvalue weighted by Crippen LogP contribution is 2.50. The van der Waals surface area contributed by atoms with Crippen LogP contribution in [-0.4, -0.2) is 22.8 Å². The number of amides is 2. The largest absolute Gasteiger partial charge is 0.418 e. The first-order valence-corrected chi connectivity index (χ1v) is 10.5. The lowest BCUT2D eigenvalue weighted by Crippen LogP contribution is -2.38. The molecule has 0 N–H and O–H groups in total. The molecule has 2 aliphatic rings. The van der Waals surface area contributed by atoms with Gasteiger partial charge in [0.1, 0.15) is 12.0 Å². The normalized spacial score (nSPS) is 22.0. The van der Waals surface area contributed by atoms with Crippen molar-refractivity contribution < 1.29 is 32.5 Å². The van der Waals surface area contributed by atoms with Gasteiger partial charge in [-0.25, -0.2) is 9.96 Å². The van der Waals surface area contributed by atoms with Crippen LogP contribution in [-0.2, 0) is 20.6 Å². The number of hydrogen-bond donors (Lipinski definition) is 0. The van der Waals surface area contributed by atoms with E-state index in [2.05, 4.69) is 0 Å². The zero-order valence-corrected chi connectivity index (χ0v) is 17.8. The summed E-state index contributed by atoms with van der Waals surface area (Å²) in [5.74, 6) is -3.22. The zero-order valence-electron chi connectivity index (χ0n) is 17.8. The summed E-state index contributed by atoms with van der Waals surface area (Å²) in [6, 6.07) is 17.2. The maximum Gasteiger partial charge on any atom is 0.418 e. The summed E-state index contributed by atoms with van der Waals surface area (Å²) in [5.41, 5.74) is -1.55. The molecule has 3 atom stereocenters. The van der Waals surface area contributed by atoms with E-state index in [9.17, 15) is 32.9 Å². The number of para-hydroxylation sites is 3. The van der Waals surface area contributed by atoms with Crippen LogP contribution in [0.15, 0.2) is 78.9 Å². The van der Waals surface area contributed by atoms with Gasteiger partial charge in [0.15, 0.2) is 6.10 Å². The molecular formula is C24H16F3N3O5. The van der Waals surface area contributed by atoms with Gasteiger partial charge in [-0.1, -0.05) is 42.5 Å². The van der Waals surface area contributed by atoms with Crippen LogP contribution in [0.25, 0.3) is 0 Å². The van der Waals surface area contributed by atoms with E-state index in [1.165, 1.54) is 35.4 Å². The Hall–Kier alpha value is -4.25. The number of nitrogens with zero attached hydrogens (tertiary/aromatic N) is 3. The predicted molar refractivity (Wildman–Crippen MR) is 117 cm³/mol. The van der Waals surface area contributed by atoms with Crippen molar-refractivity contribution in [1.29, 1.82) is 0 Å². The van der Waals surface area contributed by atoms with E-state index >= 15 is 0 Å². The minimum Gasteiger partial charge on any atom is -0.273 e. The Bertz CT molecular complexity index is 1330. The molecule has 0 spiro atoms. The molecule has 0 unspecified atom stereocenters. The zero-order chi connectivity index (χ0) is 24.9. The number of alkyl halides is 3. The van der Waals surface area contributed by atoms with Gasteiger partial charge < -0.3 is 0 Å². The SMILES string of the molecule is O=C1[C@H]2[C@@H](c3ccccc3[N+](=O)[O-])N(c3ccccc3)O[C@H]2C(=O)N1c1ccccc1C(F)(F)F. The lowest BCUT2D eigenvalue weighted by atomic mass is 9.89. The van der Waals surface area contributed by atoms with Crippen LogP contribution in [0, 0.1) is 16.0 Å². The maximum atomic E-state index is 13.6. The number of fused-ring (bicyclic) bond motifs is 1. The van der Waals surface area contributed by atoms with Gasteiger partial charge in [-0.05, 0) is 30.3 Å². The molecule has 178 valence electrons. The Morgan fingerprint density at radius 2 is 1.49 bits per heavy atom. The quantitative estimate of drug-likeness (QED) is 0.304. The van der Waals surface area contributed by atoms with Gasteiger partial charge in [-0.15, -0.1) is 0 Å². The van der Waals surface area contributed by atoms with Crippen LogP contribution in [0.1, 0.15) is 17.2 Å². The molecule has 0 radical (unpaired) electrons. The van der Waals surface area contributed by atoms with Crippen LogP contribution in [0.2, 0.25) is 0 Å². The van der Waals surface area contributed by atoms with E-state index in [0.717, 1.165) is 18.2 Å². The molecule has 2 aliphatic heterocycles. The van der Waals surface area contributed by atoms with E-state index in [-0.39, 0.29) is 11.3 Å². The molecule has 2 heterocycles. The fourth-order valence-corrected chi connectivity index (χ4v) is 4.58. The van der Waals surface area contributed by atoms with Gasteiger partial charge in [0.2, 0.25) is 5.91 Å². The number of nitro groups is 1. The molecule has 0 aromatic heterocycles. The van der Waals surface area contributed by atoms with Crippen molar-refractivity contribution in [1.82, 2.24) is 0 Å². The Labute approximate surface area is 196 Å². The molecule has 2 amide bonds. The van der Waals surface area contributed by atoms with E-state index in [0.29, 0.717) is 10.6 Å². The molecule has 0 saturated carbocycles. The highest BCUT2D eigenvalue weighted by molar-refractivity contribution is 6.24. The minimum absolute atomic E-state index is 0.0981. The number of nitro benzene ring substituents is 1. The van der Waals surface area contributed by atoms with Crippen molar-refractivity contribution in [3.05, 3.63) is 100 Å². The summed E-state index contributed by atoms with van der Waals surface area (Å²) in [7, 11) is 0. The number of carbonyl (C=O) groups excluding carboxylic acids is 2. The Morgan fingerprint density at radius 1 is 0.857 bits per heavy atom. The molecule has 2 fully saturated rings. The van der Waals surface area contributed by atoms with Crippen LogP contribution in [0.3, 0.4) is 0 Å². The number of hydroxylamine groups is 1. The number of hydrogen-bond acceptors (Lipinski definition) is 6. The van der Waals surface area contributed by atoms with Crippen molar-refractivity contribution >= 4 is 28.9 Å². The van der Waals surface area contributed by atoms with Crippen LogP contribution < -0.4 is 9.96 Å². The van der Waals surface area contributed by atoms with Crippen LogP contribution >= 0.6 is 0 Å². The summed E-state index contributed by atoms with van der Waals surface area (Å²) < 4.78 is 40.9. The molecule has 8 nitrogen and oxygen atoms in total. The molecule has 0 bridgehead atoms. The summed E-state index contributed by atoms with van der Waals surface area (Å²) >= 11 is 0. The molecule has 0 aliphatic carbocycles. The Morgan fingerprint density at radius 3 is 2.17 bits per heavy atom. The van der Waals surface area contributed by atoms with Crippen molar-refractivity contribution in [2.75, 3.05) is 9.96 Å². The second-order valence-corrected chi connectivity index (χ2v) is 8.00. The summed E-state index contributed by atoms with van der Waals surface area (Å²) in [6.07, 6.45) is -6.28. The highest BCUT2D eigenvalue weighted by Gasteiger charge is 2.61. The van der Waals surface area contributed by atoms with Gasteiger partial charge in [0, 0.05) is 6.07 Å². The third-order valence-corrected chi connectivity index (χ3v) is 6.03. The first kappa shape index (κ1) is 22.5. The number of benzene rings is 3. The van der Waals surface area contributed by atoms with Gasteiger partial charge in [-0.2, -0.15) is 13.2 Å². The number of imide groups is 1. The fraction of sp³-hybridized carbons (Fsp3) is 0.167. The van der Waals surface area contributed by atoms with Crippen molar-refractivity contribution in [3.63, 3.8) is 0 Å². The molecule has 5 rings (SSSR count). The van der Waals surface area contributed by atoms with Gasteiger partial charge in [0.25, 0.3) is 11.6 Å². The average Bonchev–Trinajstić information content (AvgIpc) is 3.35. The smallest absolute Gasteiger partial charge is 0.273 e. The second-order valence-electron chi connectivity index (χ2n) is 8.00. The van der Waals surface area contributed by atoms with Gasteiger partial charge in [-0.3, -0.25) is 24.5 Å². The number of anilines is 2. The second kappa shape index (κ2) is 8.20. The van der Waals surface area contributed by atoms with Gasteiger partial charge in [0.05, 0.1) is 27.4 Å². The monoisotopic (exact) mass is 483 g/mol. The average molecular weight is 483 g/mol. The summed E-state index contributed by atoms with van der Waals surface area (Å²) in [4.78, 5) is 44.3. The predicted octanol–water partition coefficient (Wildman–Crippen LogP) is 4.66. The standard InChI is InChI=1S/C24H16F3N3O5/c25-24(26,27)16-11-5-7-13-18(16)28-22(31)19-20(15-10-4-6-12-17(15)30(33)34)29(35-21(19)23(28)32)14-8-2-1-3-9-14/h1-13,19-21H/t19-,20+,21+/m0/s1. The third-order valence-electron chi connectivity index (χ3n) is 6.03. The number of halogens is 3. The summed E-state index contributed by atoms with van der Waals surface area (Å²) in [5, 5.41) is 13.0. The first-order chi connectivity index (χ1) is 16.7.